The van der Waals surface area contributed by atoms with Gasteiger partial charge >= 0.3 is 6.03 Å². The molecular weight excluding hydrogens is 445 g/mol. The van der Waals surface area contributed by atoms with E-state index >= 15 is 0 Å². The maximum atomic E-state index is 13.2. The molecule has 5 rings (SSSR count). The predicted molar refractivity (Wildman–Crippen MR) is 132 cm³/mol. The number of halogens is 1. The summed E-state index contributed by atoms with van der Waals surface area (Å²) in [5.41, 5.74) is 4.96. The van der Waals surface area contributed by atoms with E-state index < -0.39 is 0 Å². The SMILES string of the molecule is C[C@@H]1CN(c2nc(-c3ccccc3)c3c(c2C#N)CCOC3)CCN1C(=O)Nc1ccc(F)cc1. The summed E-state index contributed by atoms with van der Waals surface area (Å²) >= 11 is 0. The largest absolute Gasteiger partial charge is 0.376 e. The molecule has 0 unspecified atom stereocenters. The van der Waals surface area contributed by atoms with Gasteiger partial charge in [-0.2, -0.15) is 5.26 Å². The van der Waals surface area contributed by atoms with Gasteiger partial charge in [-0.25, -0.2) is 14.2 Å². The average molecular weight is 472 g/mol. The third kappa shape index (κ3) is 4.55. The summed E-state index contributed by atoms with van der Waals surface area (Å²) in [6.07, 6.45) is 0.670. The molecule has 8 heteroatoms. The van der Waals surface area contributed by atoms with Gasteiger partial charge in [-0.05, 0) is 43.2 Å². The molecule has 2 aromatic carbocycles. The lowest BCUT2D eigenvalue weighted by atomic mass is 9.93. The van der Waals surface area contributed by atoms with Gasteiger partial charge in [-0.15, -0.1) is 0 Å². The maximum Gasteiger partial charge on any atom is 0.322 e. The van der Waals surface area contributed by atoms with Crippen LogP contribution in [-0.4, -0.2) is 48.2 Å². The minimum atomic E-state index is -0.350. The molecule has 7 nitrogen and oxygen atoms in total. The number of amides is 2. The van der Waals surface area contributed by atoms with Crippen LogP contribution in [0.4, 0.5) is 20.7 Å². The van der Waals surface area contributed by atoms with Gasteiger partial charge in [0.05, 0.1) is 24.5 Å². The van der Waals surface area contributed by atoms with Crippen LogP contribution in [0.5, 0.6) is 0 Å². The number of ether oxygens (including phenoxy) is 1. The van der Waals surface area contributed by atoms with E-state index in [2.05, 4.69) is 16.3 Å². The fourth-order valence-electron chi connectivity index (χ4n) is 4.80. The molecule has 0 saturated carbocycles. The van der Waals surface area contributed by atoms with Gasteiger partial charge in [-0.1, -0.05) is 30.3 Å². The van der Waals surface area contributed by atoms with Gasteiger partial charge < -0.3 is 19.9 Å². The first kappa shape index (κ1) is 22.8. The molecule has 1 aromatic heterocycles. The molecule has 0 aliphatic carbocycles. The third-order valence-electron chi connectivity index (χ3n) is 6.58. The number of fused-ring (bicyclic) bond motifs is 1. The van der Waals surface area contributed by atoms with Gasteiger partial charge in [0.15, 0.2) is 0 Å². The number of carbonyl (C=O) groups excluding carboxylic acids is 1. The summed E-state index contributed by atoms with van der Waals surface area (Å²) < 4.78 is 18.9. The summed E-state index contributed by atoms with van der Waals surface area (Å²) in [5.74, 6) is 0.315. The van der Waals surface area contributed by atoms with Crippen molar-refractivity contribution < 1.29 is 13.9 Å². The Bertz CT molecular complexity index is 1270. The first-order valence-electron chi connectivity index (χ1n) is 11.7. The Morgan fingerprint density at radius 1 is 1.14 bits per heavy atom. The summed E-state index contributed by atoms with van der Waals surface area (Å²) in [5, 5.41) is 12.9. The fourth-order valence-corrected chi connectivity index (χ4v) is 4.80. The molecule has 1 atom stereocenters. The van der Waals surface area contributed by atoms with Gasteiger partial charge in [0.1, 0.15) is 17.7 Å². The van der Waals surface area contributed by atoms with Crippen LogP contribution in [0.15, 0.2) is 54.6 Å². The molecule has 0 bridgehead atoms. The first-order valence-corrected chi connectivity index (χ1v) is 11.7. The van der Waals surface area contributed by atoms with E-state index in [9.17, 15) is 14.4 Å². The highest BCUT2D eigenvalue weighted by atomic mass is 19.1. The molecule has 35 heavy (non-hydrogen) atoms. The van der Waals surface area contributed by atoms with Crippen molar-refractivity contribution in [2.75, 3.05) is 36.5 Å². The minimum absolute atomic E-state index is 0.114. The number of piperazine rings is 1. The Balaban J connectivity index is 1.42. The van der Waals surface area contributed by atoms with Crippen molar-refractivity contribution in [1.29, 1.82) is 5.26 Å². The quantitative estimate of drug-likeness (QED) is 0.605. The highest BCUT2D eigenvalue weighted by Gasteiger charge is 2.32. The second kappa shape index (κ2) is 9.72. The van der Waals surface area contributed by atoms with E-state index in [0.717, 1.165) is 22.4 Å². The van der Waals surface area contributed by atoms with Gasteiger partial charge in [0.2, 0.25) is 0 Å². The van der Waals surface area contributed by atoms with Gasteiger partial charge in [-0.3, -0.25) is 0 Å². The summed E-state index contributed by atoms with van der Waals surface area (Å²) in [6.45, 7) is 4.56. The van der Waals surface area contributed by atoms with E-state index in [-0.39, 0.29) is 17.9 Å². The topological polar surface area (TPSA) is 81.5 Å². The molecule has 1 N–H and O–H groups in total. The van der Waals surface area contributed by atoms with Gasteiger partial charge in [0, 0.05) is 42.5 Å². The number of nitriles is 1. The number of rotatable bonds is 3. The number of hydrogen-bond acceptors (Lipinski definition) is 5. The van der Waals surface area contributed by atoms with Crippen molar-refractivity contribution >= 4 is 17.5 Å². The predicted octanol–water partition coefficient (Wildman–Crippen LogP) is 4.57. The van der Waals surface area contributed by atoms with E-state index in [0.29, 0.717) is 56.3 Å². The van der Waals surface area contributed by atoms with E-state index in [1.807, 2.05) is 37.3 Å². The minimum Gasteiger partial charge on any atom is -0.376 e. The molecule has 1 saturated heterocycles. The van der Waals surface area contributed by atoms with Crippen LogP contribution < -0.4 is 10.2 Å². The molecule has 3 heterocycles. The van der Waals surface area contributed by atoms with Crippen molar-refractivity contribution in [3.8, 4) is 17.3 Å². The lowest BCUT2D eigenvalue weighted by Crippen LogP contribution is -2.55. The van der Waals surface area contributed by atoms with Crippen LogP contribution in [0.2, 0.25) is 0 Å². The Kier molecular flexibility index (Phi) is 6.34. The Labute approximate surface area is 203 Å². The molecule has 2 aliphatic heterocycles. The molecule has 0 radical (unpaired) electrons. The second-order valence-corrected chi connectivity index (χ2v) is 8.82. The Morgan fingerprint density at radius 3 is 2.63 bits per heavy atom. The van der Waals surface area contributed by atoms with Crippen molar-refractivity contribution in [2.45, 2.75) is 26.0 Å². The Morgan fingerprint density at radius 2 is 1.91 bits per heavy atom. The molecule has 2 aliphatic rings. The summed E-state index contributed by atoms with van der Waals surface area (Å²) in [6, 6.07) is 17.7. The summed E-state index contributed by atoms with van der Waals surface area (Å²) in [4.78, 5) is 21.7. The van der Waals surface area contributed by atoms with Crippen molar-refractivity contribution in [3.63, 3.8) is 0 Å². The zero-order valence-electron chi connectivity index (χ0n) is 19.5. The number of carbonyl (C=O) groups is 1. The standard InChI is InChI=1S/C27H26FN5O2/c1-18-16-32(12-13-33(18)27(34)30-21-9-7-20(28)8-10-21)26-23(15-29)22-11-14-35-17-24(22)25(31-26)19-5-3-2-4-6-19/h2-10,18H,11-14,16-17H2,1H3,(H,30,34)/t18-/m1/s1. The summed E-state index contributed by atoms with van der Waals surface area (Å²) in [7, 11) is 0. The van der Waals surface area contributed by atoms with E-state index in [4.69, 9.17) is 9.72 Å². The number of nitrogens with one attached hydrogen (secondary N) is 1. The zero-order valence-corrected chi connectivity index (χ0v) is 19.5. The number of aromatic nitrogens is 1. The molecule has 0 spiro atoms. The molecule has 2 amide bonds. The van der Waals surface area contributed by atoms with Crippen LogP contribution in [0, 0.1) is 17.1 Å². The maximum absolute atomic E-state index is 13.2. The van der Waals surface area contributed by atoms with Crippen molar-refractivity contribution in [2.24, 2.45) is 0 Å². The fraction of sp³-hybridized carbons (Fsp3) is 0.296. The van der Waals surface area contributed by atoms with Gasteiger partial charge in [0.25, 0.3) is 0 Å². The molecule has 178 valence electrons. The van der Waals surface area contributed by atoms with Crippen LogP contribution in [0.1, 0.15) is 23.6 Å². The Hall–Kier alpha value is -3.96. The number of benzene rings is 2. The number of hydrogen-bond donors (Lipinski definition) is 1. The highest BCUT2D eigenvalue weighted by molar-refractivity contribution is 5.89. The van der Waals surface area contributed by atoms with Crippen molar-refractivity contribution in [3.05, 3.63) is 77.1 Å². The molecule has 1 fully saturated rings. The number of pyridine rings is 1. The number of nitrogens with zero attached hydrogens (tertiary/aromatic N) is 4. The van der Waals surface area contributed by atoms with Crippen LogP contribution >= 0.6 is 0 Å². The third-order valence-corrected chi connectivity index (χ3v) is 6.58. The molecule has 3 aromatic rings. The van der Waals surface area contributed by atoms with E-state index in [1.165, 1.54) is 12.1 Å². The highest BCUT2D eigenvalue weighted by Crippen LogP contribution is 2.35. The first-order chi connectivity index (χ1) is 17.0. The van der Waals surface area contributed by atoms with E-state index in [1.54, 1.807) is 17.0 Å². The normalized spacial score (nSPS) is 17.5. The van der Waals surface area contributed by atoms with Crippen LogP contribution in [-0.2, 0) is 17.8 Å². The number of urea groups is 1. The van der Waals surface area contributed by atoms with Crippen LogP contribution in [0.25, 0.3) is 11.3 Å². The monoisotopic (exact) mass is 471 g/mol. The average Bonchev–Trinajstić information content (AvgIpc) is 2.89. The smallest absolute Gasteiger partial charge is 0.322 e. The van der Waals surface area contributed by atoms with Crippen LogP contribution in [0.3, 0.4) is 0 Å². The molecular formula is C27H26FN5O2. The lowest BCUT2D eigenvalue weighted by molar-refractivity contribution is 0.111. The second-order valence-electron chi connectivity index (χ2n) is 8.82. The number of anilines is 2. The van der Waals surface area contributed by atoms with Crippen molar-refractivity contribution in [1.82, 2.24) is 9.88 Å². The zero-order chi connectivity index (χ0) is 24.4. The lowest BCUT2D eigenvalue weighted by Gasteiger charge is -2.41.